The summed E-state index contributed by atoms with van der Waals surface area (Å²) in [7, 11) is 0. The molecule has 0 rings (SSSR count). The van der Waals surface area contributed by atoms with Crippen LogP contribution in [-0.2, 0) is 14.4 Å². The Morgan fingerprint density at radius 2 is 1.86 bits per heavy atom. The van der Waals surface area contributed by atoms with Crippen molar-refractivity contribution in [1.82, 2.24) is 0 Å². The van der Waals surface area contributed by atoms with E-state index < -0.39 is 11.6 Å². The summed E-state index contributed by atoms with van der Waals surface area (Å²) in [5.41, 5.74) is 0. The molecule has 0 heterocycles. The van der Waals surface area contributed by atoms with Crippen LogP contribution in [0.15, 0.2) is 0 Å². The van der Waals surface area contributed by atoms with E-state index in [9.17, 15) is 14.4 Å². The molecule has 0 saturated heterocycles. The Balaban J connectivity index is 3.81. The van der Waals surface area contributed by atoms with E-state index >= 15 is 0 Å². The lowest BCUT2D eigenvalue weighted by molar-refractivity contribution is -0.139. The molecule has 0 aromatic carbocycles. The summed E-state index contributed by atoms with van der Waals surface area (Å²) in [5.74, 6) is -1.69. The Morgan fingerprint density at radius 3 is 1.86 bits per heavy atom. The summed E-state index contributed by atoms with van der Waals surface area (Å²) < 4.78 is 0. The van der Waals surface area contributed by atoms with Gasteiger partial charge in [-0.05, 0) is 0 Å². The number of Topliss-reactive ketones (excluding diaryl/α,β-unsaturated/α-hetero) is 2. The highest BCUT2D eigenvalue weighted by molar-refractivity contribution is 6.57. The largest absolute Gasteiger partial charge is 0.294 e. The van der Waals surface area contributed by atoms with E-state index in [0.717, 1.165) is 6.92 Å². The molecule has 0 unspecified atom stereocenters. The van der Waals surface area contributed by atoms with Crippen molar-refractivity contribution in [1.29, 1.82) is 0 Å². The van der Waals surface area contributed by atoms with Crippen LogP contribution < -0.4 is 0 Å². The molecule has 3 nitrogen and oxygen atoms in total. The zero-order chi connectivity index (χ0) is 5.86. The summed E-state index contributed by atoms with van der Waals surface area (Å²) in [4.78, 5) is 29.0. The van der Waals surface area contributed by atoms with E-state index in [1.807, 2.05) is 0 Å². The van der Waals surface area contributed by atoms with Crippen molar-refractivity contribution in [3.05, 3.63) is 0 Å². The number of hydrogen-bond acceptors (Lipinski definition) is 3. The van der Waals surface area contributed by atoms with E-state index in [1.165, 1.54) is 0 Å². The molecule has 0 fully saturated rings. The summed E-state index contributed by atoms with van der Waals surface area (Å²) in [6, 6.07) is 0. The first-order valence-corrected chi connectivity index (χ1v) is 1.68. The van der Waals surface area contributed by atoms with Gasteiger partial charge in [0.1, 0.15) is 0 Å². The van der Waals surface area contributed by atoms with Crippen LogP contribution in [0.5, 0.6) is 0 Å². The SMILES string of the molecule is CC(=O)C(=O)C=O. The van der Waals surface area contributed by atoms with Gasteiger partial charge in [-0.1, -0.05) is 0 Å². The van der Waals surface area contributed by atoms with Crippen molar-refractivity contribution in [3.8, 4) is 0 Å². The van der Waals surface area contributed by atoms with Crippen LogP contribution in [0.1, 0.15) is 6.92 Å². The average molecular weight is 100 g/mol. The quantitative estimate of drug-likeness (QED) is 0.263. The fraction of sp³-hybridized carbons (Fsp3) is 0.250. The van der Waals surface area contributed by atoms with Crippen molar-refractivity contribution in [3.63, 3.8) is 0 Å². The second-order valence-electron chi connectivity index (χ2n) is 1.04. The fourth-order valence-electron chi connectivity index (χ4n) is 0.0830. The Morgan fingerprint density at radius 1 is 1.43 bits per heavy atom. The molecule has 0 aliphatic rings. The Bertz CT molecular complexity index is 114. The second-order valence-corrected chi connectivity index (χ2v) is 1.04. The molecule has 7 heavy (non-hydrogen) atoms. The minimum atomic E-state index is -0.972. The van der Waals surface area contributed by atoms with Crippen LogP contribution in [0.4, 0.5) is 0 Å². The van der Waals surface area contributed by atoms with Crippen molar-refractivity contribution in [2.45, 2.75) is 6.92 Å². The van der Waals surface area contributed by atoms with Gasteiger partial charge in [0.25, 0.3) is 5.78 Å². The van der Waals surface area contributed by atoms with Crippen molar-refractivity contribution >= 4 is 17.9 Å². The van der Waals surface area contributed by atoms with Gasteiger partial charge in [-0.25, -0.2) is 0 Å². The van der Waals surface area contributed by atoms with Crippen molar-refractivity contribution < 1.29 is 14.4 Å². The lowest BCUT2D eigenvalue weighted by Crippen LogP contribution is -2.09. The molecule has 0 aliphatic heterocycles. The third-order valence-electron chi connectivity index (χ3n) is 0.454. The molecular formula is C4H4O3. The van der Waals surface area contributed by atoms with Crippen LogP contribution in [0.3, 0.4) is 0 Å². The second kappa shape index (κ2) is 2.23. The van der Waals surface area contributed by atoms with Gasteiger partial charge >= 0.3 is 0 Å². The molecule has 0 amide bonds. The molecule has 0 aliphatic carbocycles. The number of carbonyl (C=O) groups is 3. The highest BCUT2D eigenvalue weighted by Gasteiger charge is 2.02. The third-order valence-corrected chi connectivity index (χ3v) is 0.454. The first-order chi connectivity index (χ1) is 3.18. The van der Waals surface area contributed by atoms with E-state index in [1.54, 1.807) is 0 Å². The molecule has 0 aromatic rings. The van der Waals surface area contributed by atoms with Crippen LogP contribution in [0.2, 0.25) is 0 Å². The molecule has 0 N–H and O–H groups in total. The van der Waals surface area contributed by atoms with Gasteiger partial charge in [0.15, 0.2) is 6.29 Å². The smallest absolute Gasteiger partial charge is 0.260 e. The molecule has 0 bridgehead atoms. The van der Waals surface area contributed by atoms with Gasteiger partial charge in [0, 0.05) is 6.92 Å². The topological polar surface area (TPSA) is 51.2 Å². The third kappa shape index (κ3) is 1.81. The number of rotatable bonds is 2. The van der Waals surface area contributed by atoms with Crippen LogP contribution in [0.25, 0.3) is 0 Å². The molecule has 0 atom stereocenters. The maximum Gasteiger partial charge on any atom is 0.260 e. The lowest BCUT2D eigenvalue weighted by atomic mass is 10.3. The first-order valence-electron chi connectivity index (χ1n) is 1.68. The summed E-state index contributed by atoms with van der Waals surface area (Å²) in [6.45, 7) is 1.05. The first kappa shape index (κ1) is 6.01. The van der Waals surface area contributed by atoms with Crippen LogP contribution >= 0.6 is 0 Å². The van der Waals surface area contributed by atoms with Crippen LogP contribution in [-0.4, -0.2) is 17.9 Å². The van der Waals surface area contributed by atoms with Gasteiger partial charge in [-0.15, -0.1) is 0 Å². The van der Waals surface area contributed by atoms with Crippen molar-refractivity contribution in [2.24, 2.45) is 0 Å². The number of hydrogen-bond donors (Lipinski definition) is 0. The van der Waals surface area contributed by atoms with Crippen molar-refractivity contribution in [2.75, 3.05) is 0 Å². The highest BCUT2D eigenvalue weighted by atomic mass is 16.2. The predicted molar refractivity (Wildman–Crippen MR) is 21.8 cm³/mol. The van der Waals surface area contributed by atoms with E-state index in [4.69, 9.17) is 0 Å². The minimum Gasteiger partial charge on any atom is -0.294 e. The molecule has 38 valence electrons. The normalized spacial score (nSPS) is 7.57. The zero-order valence-corrected chi connectivity index (χ0v) is 3.80. The number of carbonyl (C=O) groups excluding carboxylic acids is 3. The van der Waals surface area contributed by atoms with Gasteiger partial charge < -0.3 is 0 Å². The molecule has 0 saturated carbocycles. The van der Waals surface area contributed by atoms with E-state index in [2.05, 4.69) is 0 Å². The zero-order valence-electron chi connectivity index (χ0n) is 3.80. The summed E-state index contributed by atoms with van der Waals surface area (Å²) >= 11 is 0. The Labute approximate surface area is 40.3 Å². The molecule has 0 aromatic heterocycles. The number of ketones is 2. The predicted octanol–water partition coefficient (Wildman–Crippen LogP) is -0.657. The monoisotopic (exact) mass is 100 g/mol. The van der Waals surface area contributed by atoms with E-state index in [-0.39, 0.29) is 6.29 Å². The lowest BCUT2D eigenvalue weighted by Gasteiger charge is -1.72. The number of aldehydes is 1. The maximum atomic E-state index is 9.79. The standard InChI is InChI=1S/C4H4O3/c1-3(6)4(7)2-5/h2H,1H3. The fourth-order valence-corrected chi connectivity index (χ4v) is 0.0830. The van der Waals surface area contributed by atoms with Gasteiger partial charge in [0.05, 0.1) is 0 Å². The highest BCUT2D eigenvalue weighted by Crippen LogP contribution is 1.64. The average Bonchev–Trinajstić information content (AvgIpc) is 1.65. The molecule has 3 heteroatoms. The summed E-state index contributed by atoms with van der Waals surface area (Å²) in [5, 5.41) is 0. The van der Waals surface area contributed by atoms with Gasteiger partial charge in [-0.2, -0.15) is 0 Å². The summed E-state index contributed by atoms with van der Waals surface area (Å²) in [6.07, 6.45) is 0.00231. The van der Waals surface area contributed by atoms with Crippen LogP contribution in [0, 0.1) is 0 Å². The van der Waals surface area contributed by atoms with Gasteiger partial charge in [0.2, 0.25) is 5.78 Å². The van der Waals surface area contributed by atoms with Gasteiger partial charge in [-0.3, -0.25) is 14.4 Å². The van der Waals surface area contributed by atoms with E-state index in [0.29, 0.717) is 0 Å². The molecule has 0 radical (unpaired) electrons. The maximum absolute atomic E-state index is 9.79. The Kier molecular flexibility index (Phi) is 1.91. The molecular weight excluding hydrogens is 96.0 g/mol. The Hall–Kier alpha value is -0.990. The molecule has 0 spiro atoms. The minimum absolute atomic E-state index is 0.00231.